The van der Waals surface area contributed by atoms with Gasteiger partial charge in [0.1, 0.15) is 146 Å². The van der Waals surface area contributed by atoms with Gasteiger partial charge in [0, 0.05) is 52.4 Å². The van der Waals surface area contributed by atoms with Gasteiger partial charge in [-0.15, -0.1) is 0 Å². The summed E-state index contributed by atoms with van der Waals surface area (Å²) in [6.45, 7) is 51.3. The van der Waals surface area contributed by atoms with Gasteiger partial charge in [-0.1, -0.05) is 0 Å². The molecule has 0 spiro atoms. The summed E-state index contributed by atoms with van der Waals surface area (Å²) in [5.41, 5.74) is 0. The minimum Gasteiger partial charge on any atom is -0.351 e. The van der Waals surface area contributed by atoms with E-state index in [2.05, 4.69) is 42.5 Å². The maximum atomic E-state index is 15.0. The van der Waals surface area contributed by atoms with E-state index in [-0.39, 0.29) is 52.4 Å². The molecule has 144 heavy (non-hydrogen) atoms. The van der Waals surface area contributed by atoms with E-state index in [0.717, 1.165) is 0 Å². The highest BCUT2D eigenvalue weighted by molar-refractivity contribution is 5.86. The first-order chi connectivity index (χ1) is 66.2. The molecule has 8 N–H and O–H groups in total. The number of hydrogen-bond donors (Lipinski definition) is 8. The molecular formula is C96H152N8O40. The van der Waals surface area contributed by atoms with E-state index in [1.54, 1.807) is 222 Å². The van der Waals surface area contributed by atoms with Crippen LogP contribution >= 0.6 is 0 Å². The molecule has 17 aliphatic rings. The van der Waals surface area contributed by atoms with Crippen LogP contribution in [0.25, 0.3) is 0 Å². The van der Waals surface area contributed by atoms with Gasteiger partial charge in [0.25, 0.3) is 47.3 Å². The molecule has 17 saturated heterocycles. The van der Waals surface area contributed by atoms with Crippen LogP contribution in [0.2, 0.25) is 0 Å². The molecule has 0 bridgehead atoms. The van der Waals surface area contributed by atoms with E-state index in [9.17, 15) is 0 Å². The van der Waals surface area contributed by atoms with Crippen LogP contribution in [0.5, 0.6) is 0 Å². The van der Waals surface area contributed by atoms with E-state index in [4.69, 9.17) is 152 Å². The SMILES string of the molecule is CC1(C)O[C@@H]2[C@@H]3OC(C)(C)O[C@H]3C(=O)NC[C@H]3OC(C)(C)O[C@@H]3[C@@H]3OC(C)(C)O[C@H]3C(=O)NC[C@H]3OC(C)(C)O[C@@H]3[C@@H]3OC(C)(C)O[C@H]3C(=O)NC[C@H]3OC(C)(C)O[C@@H]3[C@@H]3OC(C)(C)O[C@H]3C(=O)NC[C@H]3OC(C)(C)O[C@@H]3[C@@H]3OC(C)(C)O[C@H]3C(=O)NC[C@H]3OC(C)(C)O[C@@H]3[C@@H]3OC(C)(C)O[C@H]3C(=O)NC[C@H]3OC(C)(C)O[C@@H]3[C@@H]3OC(C)(C)O[C@H]3C(=O)NC[C@H]3OC(C)(C)O[C@@H]3[C@@H]3OC(C)(C)O[C@H]3C(=O)NC[C@H]2O1. The fourth-order valence-corrected chi connectivity index (χ4v) is 22.7. The van der Waals surface area contributed by atoms with Gasteiger partial charge in [-0.05, 0) is 222 Å². The lowest BCUT2D eigenvalue weighted by atomic mass is 9.99. The lowest BCUT2D eigenvalue weighted by Crippen LogP contribution is -2.56. The Morgan fingerprint density at radius 2 is 0.201 bits per heavy atom. The highest BCUT2D eigenvalue weighted by Gasteiger charge is 2.68. The molecule has 0 radical (unpaired) electrons. The Hall–Kier alpha value is -5.52. The molecule has 17 heterocycles. The molecule has 816 valence electrons. The van der Waals surface area contributed by atoms with Crippen molar-refractivity contribution in [3.05, 3.63) is 0 Å². The van der Waals surface area contributed by atoms with E-state index in [0.29, 0.717) is 0 Å². The summed E-state index contributed by atoms with van der Waals surface area (Å²) in [6, 6.07) is 0. The molecule has 48 nitrogen and oxygen atoms in total. The third kappa shape index (κ3) is 24.1. The van der Waals surface area contributed by atoms with Gasteiger partial charge >= 0.3 is 0 Å². The second-order valence-corrected chi connectivity index (χ2v) is 47.2. The first kappa shape index (κ1) is 110. The molecule has 17 fully saturated rings. The van der Waals surface area contributed by atoms with Gasteiger partial charge in [-0.25, -0.2) is 0 Å². The predicted molar refractivity (Wildman–Crippen MR) is 485 cm³/mol. The van der Waals surface area contributed by atoms with Gasteiger partial charge in [0.2, 0.25) is 0 Å². The summed E-state index contributed by atoms with van der Waals surface area (Å²) >= 11 is 0. The van der Waals surface area contributed by atoms with Crippen molar-refractivity contribution in [1.82, 2.24) is 42.5 Å². The summed E-state index contributed by atoms with van der Waals surface area (Å²) in [5, 5.41) is 23.9. The average molecular weight is 2060 g/mol. The number of carbonyl (C=O) groups is 8. The second-order valence-electron chi connectivity index (χ2n) is 47.2. The number of nitrogens with one attached hydrogen (secondary N) is 8. The van der Waals surface area contributed by atoms with Gasteiger partial charge in [0.05, 0.1) is 0 Å². The number of ether oxygens (including phenoxy) is 32. The number of fused-ring (bicyclic) bond motifs is 24. The minimum absolute atomic E-state index is 0.229. The normalized spacial score (nSPS) is 45.0. The van der Waals surface area contributed by atoms with Crippen molar-refractivity contribution in [3.8, 4) is 0 Å². The van der Waals surface area contributed by atoms with Gasteiger partial charge in [0.15, 0.2) is 141 Å². The molecule has 0 aromatic carbocycles. The minimum atomic E-state index is -1.38. The number of amides is 8. The molecule has 17 aliphatic heterocycles. The molecular weight excluding hydrogens is 1910 g/mol. The Labute approximate surface area is 838 Å². The molecule has 0 aromatic heterocycles. The lowest BCUT2D eigenvalue weighted by molar-refractivity contribution is -0.175. The zero-order chi connectivity index (χ0) is 105. The maximum Gasteiger partial charge on any atom is 0.252 e. The fourth-order valence-electron chi connectivity index (χ4n) is 22.7. The predicted octanol–water partition coefficient (Wildman–Crippen LogP) is 1.25. The van der Waals surface area contributed by atoms with Gasteiger partial charge < -0.3 is 194 Å². The van der Waals surface area contributed by atoms with E-state index in [1.165, 1.54) is 0 Å². The van der Waals surface area contributed by atoms with Crippen LogP contribution in [0.1, 0.15) is 222 Å². The Kier molecular flexibility index (Phi) is 29.2. The van der Waals surface area contributed by atoms with E-state index < -0.39 is 335 Å². The molecule has 32 atom stereocenters. The highest BCUT2D eigenvalue weighted by Crippen LogP contribution is 2.50. The Morgan fingerprint density at radius 3 is 0.292 bits per heavy atom. The summed E-state index contributed by atoms with van der Waals surface area (Å²) in [6.07, 6.45) is -37.1. The molecule has 0 saturated carbocycles. The smallest absolute Gasteiger partial charge is 0.252 e. The standard InChI is InChI=1S/C96H152N8O40/c1-81(2)113-41-33-97-74(106)66-58(130-90(19,20)138-66)50-43(115-83(5,6)122-50)35-99-76(108)68-60(132-92(23,24)140-68)52-45(117-85(9,10)124-52)37-101-78(110)70-62(134-94(27,28)142-70)54-47(119-87(13,14)126-54)39-103-80(112)72-64(136-96(31,32)144-72)56-48(120-88(15,16)128-56)40-104-79(111)71-63(135-95(29,30)143-71)55-46(118-86(11,12)127-55)38-102-77(109)69-61(133-93(25,26)141-69)53-44(116-84(7,8)125-53)36-100-75(107)67-59(131-91(21,22)139-67)51-42(114-82(3,4)123-51)34-98-73(105)65-57(49(41)121-81)129-89(17,18)137-65/h41-72H,33-40H2,1-32H3,(H,97,106)(H,98,105)(H,99,108)(H,100,107)(H,101,110)(H,102,109)(H,103,112)(H,104,111)/t41-,42-,43-,44-,45-,46-,47-,48-,49+,50+,51+,52+,53+,54+,55+,56+,57+,58+,59+,60+,61+,62+,63+,64+,65-,66-,67-,68-,69-,70-,71-,72-/m1/s1. The van der Waals surface area contributed by atoms with Crippen LogP contribution in [0.4, 0.5) is 0 Å². The fraction of sp³-hybridized carbons (Fsp3) is 0.917. The van der Waals surface area contributed by atoms with Crippen molar-refractivity contribution < 1.29 is 190 Å². The van der Waals surface area contributed by atoms with Crippen molar-refractivity contribution in [2.75, 3.05) is 52.4 Å². The van der Waals surface area contributed by atoms with Crippen molar-refractivity contribution in [1.29, 1.82) is 0 Å². The van der Waals surface area contributed by atoms with Crippen LogP contribution in [-0.2, 0) is 190 Å². The second kappa shape index (κ2) is 38.3. The topological polar surface area (TPSA) is 528 Å². The maximum absolute atomic E-state index is 15.0. The summed E-state index contributed by atoms with van der Waals surface area (Å²) in [5.74, 6) is -26.8. The third-order valence-electron chi connectivity index (χ3n) is 27.3. The van der Waals surface area contributed by atoms with Gasteiger partial charge in [-0.2, -0.15) is 0 Å². The first-order valence-corrected chi connectivity index (χ1v) is 50.1. The number of rotatable bonds is 0. The van der Waals surface area contributed by atoms with Crippen molar-refractivity contribution in [2.45, 2.75) is 509 Å². The van der Waals surface area contributed by atoms with Crippen molar-refractivity contribution in [2.24, 2.45) is 0 Å². The van der Waals surface area contributed by atoms with E-state index >= 15 is 38.4 Å². The lowest BCUT2D eigenvalue weighted by Gasteiger charge is -2.29. The van der Waals surface area contributed by atoms with E-state index in [1.807, 2.05) is 0 Å². The molecule has 8 amide bonds. The monoisotopic (exact) mass is 2060 g/mol. The van der Waals surface area contributed by atoms with Crippen LogP contribution in [0.3, 0.4) is 0 Å². The molecule has 0 unspecified atom stereocenters. The summed E-state index contributed by atoms with van der Waals surface area (Å²) in [7, 11) is 0. The van der Waals surface area contributed by atoms with Crippen LogP contribution < -0.4 is 42.5 Å². The Balaban J connectivity index is 0.631. The highest BCUT2D eigenvalue weighted by atomic mass is 16.9. The molecule has 48 heteroatoms. The quantitative estimate of drug-likeness (QED) is 0.169. The van der Waals surface area contributed by atoms with Crippen molar-refractivity contribution in [3.63, 3.8) is 0 Å². The van der Waals surface area contributed by atoms with Crippen LogP contribution in [-0.4, -0.2) is 388 Å². The number of carbonyl (C=O) groups excluding carboxylic acids is 8. The third-order valence-corrected chi connectivity index (χ3v) is 27.3. The Bertz CT molecular complexity index is 3910. The molecule has 0 aliphatic carbocycles. The van der Waals surface area contributed by atoms with Crippen LogP contribution in [0, 0.1) is 0 Å². The molecule has 17 rings (SSSR count). The zero-order valence-electron chi connectivity index (χ0n) is 88.5. The first-order valence-electron chi connectivity index (χ1n) is 50.1. The molecule has 0 aromatic rings. The number of hydrogen-bond acceptors (Lipinski definition) is 40. The largest absolute Gasteiger partial charge is 0.351 e. The van der Waals surface area contributed by atoms with Gasteiger partial charge in [-0.3, -0.25) is 38.4 Å². The van der Waals surface area contributed by atoms with Crippen LogP contribution in [0.15, 0.2) is 0 Å². The zero-order valence-corrected chi connectivity index (χ0v) is 88.5. The summed E-state index contributed by atoms with van der Waals surface area (Å²) < 4.78 is 208. The summed E-state index contributed by atoms with van der Waals surface area (Å²) in [4.78, 5) is 120. The van der Waals surface area contributed by atoms with Crippen molar-refractivity contribution >= 4 is 47.3 Å². The average Bonchev–Trinajstić information content (AvgIpc) is 1.62. The Morgan fingerprint density at radius 1 is 0.125 bits per heavy atom.